The molecule has 0 N–H and O–H groups in total. The van der Waals surface area contributed by atoms with Gasteiger partial charge in [0, 0.05) is 13.1 Å². The first-order chi connectivity index (χ1) is 12.7. The van der Waals surface area contributed by atoms with E-state index in [0.717, 1.165) is 52.1 Å². The van der Waals surface area contributed by atoms with Gasteiger partial charge in [0.25, 0.3) is 0 Å². The molecule has 3 aromatic rings. The average Bonchev–Trinajstić information content (AvgIpc) is 3.10. The number of fused-ring (bicyclic) bond motifs is 2. The maximum atomic E-state index is 5.60. The van der Waals surface area contributed by atoms with Crippen molar-refractivity contribution >= 4 is 26.7 Å². The number of benzene rings is 2. The second-order valence-electron chi connectivity index (χ2n) is 6.21. The second-order valence-corrected chi connectivity index (χ2v) is 7.22. The van der Waals surface area contributed by atoms with Crippen LogP contribution in [0.4, 0.5) is 5.13 Å². The average molecular weight is 370 g/mol. The van der Waals surface area contributed by atoms with Gasteiger partial charge in [0.1, 0.15) is 5.75 Å². The number of thiazole rings is 1. The van der Waals surface area contributed by atoms with Gasteiger partial charge in [0.05, 0.1) is 31.0 Å². The fraction of sp³-hybridized carbons (Fsp3) is 0.350. The van der Waals surface area contributed by atoms with E-state index in [1.54, 1.807) is 25.6 Å². The van der Waals surface area contributed by atoms with Gasteiger partial charge in [-0.3, -0.25) is 0 Å². The highest BCUT2D eigenvalue weighted by Crippen LogP contribution is 2.37. The van der Waals surface area contributed by atoms with Crippen molar-refractivity contribution in [2.45, 2.75) is 19.9 Å². The summed E-state index contributed by atoms with van der Waals surface area (Å²) in [6, 6.07) is 10.3. The molecule has 1 aliphatic heterocycles. The topological polar surface area (TPSA) is 43.8 Å². The summed E-state index contributed by atoms with van der Waals surface area (Å²) in [5, 5.41) is 1.05. The van der Waals surface area contributed by atoms with Crippen molar-refractivity contribution in [3.05, 3.63) is 41.5 Å². The molecule has 0 radical (unpaired) electrons. The minimum Gasteiger partial charge on any atom is -0.494 e. The molecule has 0 bridgehead atoms. The Labute approximate surface area is 157 Å². The van der Waals surface area contributed by atoms with Crippen molar-refractivity contribution < 1.29 is 14.2 Å². The van der Waals surface area contributed by atoms with E-state index >= 15 is 0 Å². The van der Waals surface area contributed by atoms with Crippen LogP contribution in [0.15, 0.2) is 30.3 Å². The van der Waals surface area contributed by atoms with Crippen LogP contribution in [0, 0.1) is 0 Å². The molecule has 0 saturated carbocycles. The molecular weight excluding hydrogens is 348 g/mol. The predicted octanol–water partition coefficient (Wildman–Crippen LogP) is 4.27. The van der Waals surface area contributed by atoms with E-state index in [4.69, 9.17) is 19.2 Å². The van der Waals surface area contributed by atoms with Gasteiger partial charge in [0.2, 0.25) is 0 Å². The summed E-state index contributed by atoms with van der Waals surface area (Å²) in [5.74, 6) is 2.47. The third-order valence-corrected chi connectivity index (χ3v) is 5.73. The summed E-state index contributed by atoms with van der Waals surface area (Å²) in [7, 11) is 3.35. The molecule has 0 amide bonds. The molecule has 0 saturated heterocycles. The molecule has 136 valence electrons. The summed E-state index contributed by atoms with van der Waals surface area (Å²) in [6.45, 7) is 4.44. The highest BCUT2D eigenvalue weighted by molar-refractivity contribution is 7.22. The van der Waals surface area contributed by atoms with Gasteiger partial charge >= 0.3 is 0 Å². The third-order valence-electron chi connectivity index (χ3n) is 4.65. The molecule has 2 aromatic carbocycles. The van der Waals surface area contributed by atoms with E-state index in [1.807, 2.05) is 19.1 Å². The summed E-state index contributed by atoms with van der Waals surface area (Å²) < 4.78 is 17.6. The zero-order chi connectivity index (χ0) is 18.1. The van der Waals surface area contributed by atoms with E-state index in [2.05, 4.69) is 23.1 Å². The summed E-state index contributed by atoms with van der Waals surface area (Å²) >= 11 is 1.71. The Hall–Kier alpha value is -2.47. The predicted molar refractivity (Wildman–Crippen MR) is 105 cm³/mol. The fourth-order valence-corrected chi connectivity index (χ4v) is 4.35. The molecule has 0 atom stereocenters. The van der Waals surface area contributed by atoms with Gasteiger partial charge in [-0.2, -0.15) is 0 Å². The highest BCUT2D eigenvalue weighted by atomic mass is 32.1. The van der Waals surface area contributed by atoms with Gasteiger partial charge in [-0.25, -0.2) is 4.98 Å². The SMILES string of the molecule is CCOc1ccc2nc(N3CCc4cc(OC)c(OC)cc4C3)sc2c1. The van der Waals surface area contributed by atoms with E-state index < -0.39 is 0 Å². The molecular formula is C20H22N2O3S. The van der Waals surface area contributed by atoms with Crippen LogP contribution in [-0.2, 0) is 13.0 Å². The zero-order valence-electron chi connectivity index (χ0n) is 15.2. The molecule has 2 heterocycles. The zero-order valence-corrected chi connectivity index (χ0v) is 16.1. The van der Waals surface area contributed by atoms with Crippen molar-refractivity contribution in [3.63, 3.8) is 0 Å². The van der Waals surface area contributed by atoms with Crippen LogP contribution < -0.4 is 19.1 Å². The lowest BCUT2D eigenvalue weighted by molar-refractivity contribution is 0.341. The summed E-state index contributed by atoms with van der Waals surface area (Å²) in [5.41, 5.74) is 3.60. The number of rotatable bonds is 5. The first-order valence-electron chi connectivity index (χ1n) is 8.74. The lowest BCUT2D eigenvalue weighted by atomic mass is 9.99. The minimum atomic E-state index is 0.672. The minimum absolute atomic E-state index is 0.672. The Morgan fingerprint density at radius 1 is 1.08 bits per heavy atom. The standard InChI is InChI=1S/C20H22N2O3S/c1-4-25-15-5-6-16-19(11-15)26-20(21-16)22-8-7-13-9-17(23-2)18(24-3)10-14(13)12-22/h5-6,9-11H,4,7-8,12H2,1-3H3. The number of hydrogen-bond acceptors (Lipinski definition) is 6. The molecule has 0 spiro atoms. The molecule has 1 aromatic heterocycles. The molecule has 26 heavy (non-hydrogen) atoms. The Balaban J connectivity index is 1.63. The van der Waals surface area contributed by atoms with Crippen LogP contribution in [0.25, 0.3) is 10.2 Å². The number of ether oxygens (including phenoxy) is 3. The lowest BCUT2D eigenvalue weighted by Gasteiger charge is -2.29. The van der Waals surface area contributed by atoms with Gasteiger partial charge < -0.3 is 19.1 Å². The first kappa shape index (κ1) is 17.0. The van der Waals surface area contributed by atoms with Crippen molar-refractivity contribution in [3.8, 4) is 17.2 Å². The summed E-state index contributed by atoms with van der Waals surface area (Å²) in [6.07, 6.45) is 0.968. The van der Waals surface area contributed by atoms with E-state index in [1.165, 1.54) is 11.1 Å². The van der Waals surface area contributed by atoms with Gasteiger partial charge in [0.15, 0.2) is 16.6 Å². The van der Waals surface area contributed by atoms with Crippen LogP contribution in [0.3, 0.4) is 0 Å². The van der Waals surface area contributed by atoms with Crippen LogP contribution >= 0.6 is 11.3 Å². The molecule has 4 rings (SSSR count). The highest BCUT2D eigenvalue weighted by Gasteiger charge is 2.22. The molecule has 0 unspecified atom stereocenters. The first-order valence-corrected chi connectivity index (χ1v) is 9.55. The van der Waals surface area contributed by atoms with Crippen molar-refractivity contribution in [1.29, 1.82) is 0 Å². The Bertz CT molecular complexity index is 938. The third kappa shape index (κ3) is 3.05. The Kier molecular flexibility index (Phi) is 4.59. The van der Waals surface area contributed by atoms with Crippen LogP contribution in [0.1, 0.15) is 18.1 Å². The quantitative estimate of drug-likeness (QED) is 0.671. The number of hydrogen-bond donors (Lipinski definition) is 0. The molecule has 5 nitrogen and oxygen atoms in total. The van der Waals surface area contributed by atoms with E-state index in [0.29, 0.717) is 6.61 Å². The normalized spacial score (nSPS) is 13.6. The Morgan fingerprint density at radius 3 is 2.58 bits per heavy atom. The lowest BCUT2D eigenvalue weighted by Crippen LogP contribution is -2.30. The fourth-order valence-electron chi connectivity index (χ4n) is 3.33. The molecule has 1 aliphatic rings. The monoisotopic (exact) mass is 370 g/mol. The molecule has 6 heteroatoms. The van der Waals surface area contributed by atoms with E-state index in [-0.39, 0.29) is 0 Å². The Morgan fingerprint density at radius 2 is 1.85 bits per heavy atom. The number of nitrogens with zero attached hydrogens (tertiary/aromatic N) is 2. The van der Waals surface area contributed by atoms with Crippen LogP contribution in [-0.4, -0.2) is 32.4 Å². The van der Waals surface area contributed by atoms with Crippen molar-refractivity contribution in [2.24, 2.45) is 0 Å². The number of anilines is 1. The van der Waals surface area contributed by atoms with Crippen LogP contribution in [0.2, 0.25) is 0 Å². The smallest absolute Gasteiger partial charge is 0.186 e. The van der Waals surface area contributed by atoms with Gasteiger partial charge in [-0.1, -0.05) is 11.3 Å². The summed E-state index contributed by atoms with van der Waals surface area (Å²) in [4.78, 5) is 7.15. The van der Waals surface area contributed by atoms with Gasteiger partial charge in [-0.05, 0) is 54.8 Å². The molecule has 0 aliphatic carbocycles. The largest absolute Gasteiger partial charge is 0.494 e. The van der Waals surface area contributed by atoms with Crippen molar-refractivity contribution in [2.75, 3.05) is 32.3 Å². The van der Waals surface area contributed by atoms with Crippen molar-refractivity contribution in [1.82, 2.24) is 4.98 Å². The van der Waals surface area contributed by atoms with Gasteiger partial charge in [-0.15, -0.1) is 0 Å². The number of methoxy groups -OCH3 is 2. The maximum Gasteiger partial charge on any atom is 0.186 e. The second kappa shape index (κ2) is 7.03. The van der Waals surface area contributed by atoms with E-state index in [9.17, 15) is 0 Å². The van der Waals surface area contributed by atoms with Crippen LogP contribution in [0.5, 0.6) is 17.2 Å². The number of aromatic nitrogens is 1. The maximum absolute atomic E-state index is 5.60. The molecule has 0 fully saturated rings.